The number of hydrogen-bond donors (Lipinski definition) is 1. The van der Waals surface area contributed by atoms with E-state index in [1.165, 1.54) is 0 Å². The van der Waals surface area contributed by atoms with Crippen LogP contribution in [0.2, 0.25) is 0 Å². The van der Waals surface area contributed by atoms with Gasteiger partial charge in [0.1, 0.15) is 0 Å². The Morgan fingerprint density at radius 1 is 1.27 bits per heavy atom. The zero-order chi connectivity index (χ0) is 10.2. The van der Waals surface area contributed by atoms with Crippen LogP contribution in [0.1, 0.15) is 18.0 Å². The van der Waals surface area contributed by atoms with Gasteiger partial charge in [-0.15, -0.1) is 12.4 Å². The van der Waals surface area contributed by atoms with E-state index in [0.29, 0.717) is 12.1 Å². The molecule has 0 saturated carbocycles. The highest BCUT2D eigenvalue weighted by Gasteiger charge is 2.44. The first-order chi connectivity index (χ1) is 6.59. The summed E-state index contributed by atoms with van der Waals surface area (Å²) in [5.74, 6) is -2.62. The van der Waals surface area contributed by atoms with Crippen LogP contribution in [0.5, 0.6) is 0 Å². The molecule has 1 aromatic carbocycles. The maximum Gasteiger partial charge on any atom is 0.268 e. The highest BCUT2D eigenvalue weighted by molar-refractivity contribution is 9.10. The molecule has 1 fully saturated rings. The zero-order valence-electron chi connectivity index (χ0n) is 7.84. The largest absolute Gasteiger partial charge is 0.305 e. The molecule has 1 saturated heterocycles. The van der Waals surface area contributed by atoms with Gasteiger partial charge in [0, 0.05) is 17.4 Å². The molecule has 0 amide bonds. The molecule has 5 heteroatoms. The molecule has 1 aliphatic heterocycles. The summed E-state index contributed by atoms with van der Waals surface area (Å²) in [6.07, 6.45) is -0.0757. The van der Waals surface area contributed by atoms with E-state index in [0.717, 1.165) is 4.47 Å². The third-order valence-corrected chi connectivity index (χ3v) is 2.96. The minimum absolute atomic E-state index is 0. The molecule has 0 spiro atoms. The minimum atomic E-state index is -2.62. The number of alkyl halides is 2. The monoisotopic (exact) mass is 297 g/mol. The van der Waals surface area contributed by atoms with Crippen molar-refractivity contribution in [2.45, 2.75) is 18.4 Å². The second kappa shape index (κ2) is 4.76. The highest BCUT2D eigenvalue weighted by atomic mass is 79.9. The van der Waals surface area contributed by atoms with Crippen LogP contribution < -0.4 is 5.32 Å². The van der Waals surface area contributed by atoms with E-state index in [9.17, 15) is 8.78 Å². The third-order valence-electron chi connectivity index (χ3n) is 2.43. The molecular formula is C10H11BrClF2N. The molecule has 1 atom stereocenters. The van der Waals surface area contributed by atoms with Gasteiger partial charge < -0.3 is 5.32 Å². The Kier molecular flexibility index (Phi) is 4.09. The predicted octanol–water partition coefficient (Wildman–Crippen LogP) is 3.54. The molecule has 1 N–H and O–H groups in total. The summed E-state index contributed by atoms with van der Waals surface area (Å²) >= 11 is 3.27. The highest BCUT2D eigenvalue weighted by Crippen LogP contribution is 2.38. The molecular weight excluding hydrogens is 287 g/mol. The molecule has 0 radical (unpaired) electrons. The molecule has 1 aromatic rings. The molecule has 0 bridgehead atoms. The first-order valence-electron chi connectivity index (χ1n) is 4.46. The molecule has 1 unspecified atom stereocenters. The van der Waals surface area contributed by atoms with Gasteiger partial charge in [0.05, 0.1) is 6.04 Å². The Morgan fingerprint density at radius 2 is 1.87 bits per heavy atom. The van der Waals surface area contributed by atoms with Crippen molar-refractivity contribution in [1.29, 1.82) is 0 Å². The lowest BCUT2D eigenvalue weighted by Gasteiger charge is -2.19. The number of benzene rings is 1. The van der Waals surface area contributed by atoms with Crippen LogP contribution in [0.25, 0.3) is 0 Å². The molecule has 0 aliphatic carbocycles. The molecule has 0 aromatic heterocycles. The predicted molar refractivity (Wildman–Crippen MR) is 61.7 cm³/mol. The number of hydrogen-bond acceptors (Lipinski definition) is 1. The lowest BCUT2D eigenvalue weighted by atomic mass is 10.0. The molecule has 1 heterocycles. The van der Waals surface area contributed by atoms with Gasteiger partial charge in [0.25, 0.3) is 5.92 Å². The van der Waals surface area contributed by atoms with E-state index in [2.05, 4.69) is 21.2 Å². The Balaban J connectivity index is 0.00000112. The summed E-state index contributed by atoms with van der Waals surface area (Å²) < 4.78 is 27.5. The minimum Gasteiger partial charge on any atom is -0.305 e. The second-order valence-electron chi connectivity index (χ2n) is 3.45. The van der Waals surface area contributed by atoms with Gasteiger partial charge in [-0.1, -0.05) is 28.1 Å². The van der Waals surface area contributed by atoms with Crippen molar-refractivity contribution in [2.24, 2.45) is 0 Å². The quantitative estimate of drug-likeness (QED) is 0.836. The van der Waals surface area contributed by atoms with Crippen molar-refractivity contribution in [3.05, 3.63) is 34.3 Å². The standard InChI is InChI=1S/C10H10BrF2N.ClH/c11-8-3-1-7(2-4-8)9-10(12,13)5-6-14-9;/h1-4,9,14H,5-6H2;1H. The van der Waals surface area contributed by atoms with E-state index in [4.69, 9.17) is 0 Å². The summed E-state index contributed by atoms with van der Waals surface area (Å²) in [6, 6.07) is 6.19. The maximum atomic E-state index is 13.3. The average molecular weight is 299 g/mol. The molecule has 2 rings (SSSR count). The van der Waals surface area contributed by atoms with Crippen molar-refractivity contribution in [1.82, 2.24) is 5.32 Å². The second-order valence-corrected chi connectivity index (χ2v) is 4.37. The molecule has 1 nitrogen and oxygen atoms in total. The van der Waals surface area contributed by atoms with Crippen LogP contribution in [0, 0.1) is 0 Å². The fraction of sp³-hybridized carbons (Fsp3) is 0.400. The van der Waals surface area contributed by atoms with Crippen molar-refractivity contribution in [3.63, 3.8) is 0 Å². The number of nitrogens with one attached hydrogen (secondary N) is 1. The van der Waals surface area contributed by atoms with Gasteiger partial charge in [0.2, 0.25) is 0 Å². The fourth-order valence-corrected chi connectivity index (χ4v) is 1.96. The van der Waals surface area contributed by atoms with E-state index >= 15 is 0 Å². The average Bonchev–Trinajstić information content (AvgIpc) is 2.47. The van der Waals surface area contributed by atoms with Crippen LogP contribution in [0.15, 0.2) is 28.7 Å². The third kappa shape index (κ3) is 2.68. The molecule has 1 aliphatic rings. The van der Waals surface area contributed by atoms with Crippen molar-refractivity contribution < 1.29 is 8.78 Å². The van der Waals surface area contributed by atoms with Gasteiger partial charge in [-0.05, 0) is 17.7 Å². The van der Waals surface area contributed by atoms with Gasteiger partial charge in [-0.2, -0.15) is 0 Å². The Labute approximate surface area is 102 Å². The lowest BCUT2D eigenvalue weighted by Crippen LogP contribution is -2.26. The summed E-state index contributed by atoms with van der Waals surface area (Å²) in [6.45, 7) is 0.383. The molecule has 84 valence electrons. The maximum absolute atomic E-state index is 13.3. The lowest BCUT2D eigenvalue weighted by molar-refractivity contribution is -0.0117. The Bertz CT molecular complexity index is 329. The topological polar surface area (TPSA) is 12.0 Å². The van der Waals surface area contributed by atoms with E-state index < -0.39 is 12.0 Å². The summed E-state index contributed by atoms with van der Waals surface area (Å²) in [5.41, 5.74) is 0.649. The van der Waals surface area contributed by atoms with Crippen LogP contribution in [0.3, 0.4) is 0 Å². The first kappa shape index (κ1) is 12.9. The van der Waals surface area contributed by atoms with Crippen molar-refractivity contribution in [3.8, 4) is 0 Å². The van der Waals surface area contributed by atoms with Gasteiger partial charge in [-0.3, -0.25) is 0 Å². The van der Waals surface area contributed by atoms with Crippen LogP contribution >= 0.6 is 28.3 Å². The zero-order valence-corrected chi connectivity index (χ0v) is 10.2. The van der Waals surface area contributed by atoms with E-state index in [1.807, 2.05) is 0 Å². The van der Waals surface area contributed by atoms with Crippen molar-refractivity contribution >= 4 is 28.3 Å². The number of halogens is 4. The van der Waals surface area contributed by atoms with E-state index in [1.54, 1.807) is 24.3 Å². The summed E-state index contributed by atoms with van der Waals surface area (Å²) in [7, 11) is 0. The number of rotatable bonds is 1. The normalized spacial score (nSPS) is 23.5. The SMILES string of the molecule is Cl.FC1(F)CCNC1c1ccc(Br)cc1. The van der Waals surface area contributed by atoms with Crippen LogP contribution in [-0.4, -0.2) is 12.5 Å². The molecule has 15 heavy (non-hydrogen) atoms. The van der Waals surface area contributed by atoms with Gasteiger partial charge in [-0.25, -0.2) is 8.78 Å². The Hall–Kier alpha value is -0.190. The smallest absolute Gasteiger partial charge is 0.268 e. The summed E-state index contributed by atoms with van der Waals surface area (Å²) in [5, 5.41) is 2.82. The van der Waals surface area contributed by atoms with Crippen LogP contribution in [-0.2, 0) is 0 Å². The van der Waals surface area contributed by atoms with Gasteiger partial charge in [0.15, 0.2) is 0 Å². The van der Waals surface area contributed by atoms with Crippen LogP contribution in [0.4, 0.5) is 8.78 Å². The van der Waals surface area contributed by atoms with E-state index in [-0.39, 0.29) is 18.8 Å². The Morgan fingerprint density at radius 3 is 2.33 bits per heavy atom. The summed E-state index contributed by atoms with van der Waals surface area (Å²) in [4.78, 5) is 0. The fourth-order valence-electron chi connectivity index (χ4n) is 1.69. The van der Waals surface area contributed by atoms with Crippen molar-refractivity contribution in [2.75, 3.05) is 6.54 Å². The first-order valence-corrected chi connectivity index (χ1v) is 5.25. The van der Waals surface area contributed by atoms with Gasteiger partial charge >= 0.3 is 0 Å².